The van der Waals surface area contributed by atoms with Gasteiger partial charge in [0.25, 0.3) is 0 Å². The summed E-state index contributed by atoms with van der Waals surface area (Å²) >= 11 is 0. The average Bonchev–Trinajstić information content (AvgIpc) is 2.64. The summed E-state index contributed by atoms with van der Waals surface area (Å²) in [6.07, 6.45) is 0. The fourth-order valence-corrected chi connectivity index (χ4v) is 2.34. The van der Waals surface area contributed by atoms with E-state index in [2.05, 4.69) is 0 Å². The summed E-state index contributed by atoms with van der Waals surface area (Å²) in [5, 5.41) is 0. The molecule has 2 rings (SSSR count). The normalized spacial score (nSPS) is 22.2. The summed E-state index contributed by atoms with van der Waals surface area (Å²) in [6.45, 7) is 3.65. The van der Waals surface area contributed by atoms with Gasteiger partial charge in [-0.05, 0) is 12.5 Å². The summed E-state index contributed by atoms with van der Waals surface area (Å²) in [6, 6.07) is 9.21. The van der Waals surface area contributed by atoms with Crippen LogP contribution in [0.25, 0.3) is 0 Å². The van der Waals surface area contributed by atoms with Crippen molar-refractivity contribution in [1.29, 1.82) is 0 Å². The van der Waals surface area contributed by atoms with Crippen molar-refractivity contribution >= 4 is 17.8 Å². The molecular weight excluding hydrogens is 258 g/mol. The predicted molar refractivity (Wildman–Crippen MR) is 71.3 cm³/mol. The minimum Gasteiger partial charge on any atom is -0.465 e. The molecule has 0 N–H and O–H groups in total. The Balaban J connectivity index is 2.17. The first-order chi connectivity index (χ1) is 9.56. The maximum Gasteiger partial charge on any atom is 0.319 e. The second kappa shape index (κ2) is 5.86. The molecule has 20 heavy (non-hydrogen) atoms. The zero-order valence-electron chi connectivity index (χ0n) is 11.5. The molecule has 1 aliphatic heterocycles. The Kier molecular flexibility index (Phi) is 4.17. The van der Waals surface area contributed by atoms with Crippen LogP contribution in [0.5, 0.6) is 0 Å². The van der Waals surface area contributed by atoms with Gasteiger partial charge in [-0.3, -0.25) is 19.3 Å². The lowest BCUT2D eigenvalue weighted by molar-refractivity contribution is -0.153. The van der Waals surface area contributed by atoms with Crippen LogP contribution in [-0.2, 0) is 25.7 Å². The summed E-state index contributed by atoms with van der Waals surface area (Å²) < 4.78 is 4.87. The molecule has 1 fully saturated rings. The summed E-state index contributed by atoms with van der Waals surface area (Å²) in [7, 11) is 0. The second-order valence-corrected chi connectivity index (χ2v) is 4.77. The van der Waals surface area contributed by atoms with E-state index >= 15 is 0 Å². The van der Waals surface area contributed by atoms with Crippen LogP contribution in [0.15, 0.2) is 30.3 Å². The van der Waals surface area contributed by atoms with Crippen LogP contribution in [0.3, 0.4) is 0 Å². The zero-order valence-corrected chi connectivity index (χ0v) is 11.5. The van der Waals surface area contributed by atoms with Crippen molar-refractivity contribution in [2.24, 2.45) is 11.8 Å². The molecule has 106 valence electrons. The summed E-state index contributed by atoms with van der Waals surface area (Å²) in [5.74, 6) is -3.08. The van der Waals surface area contributed by atoms with Crippen LogP contribution in [0, 0.1) is 11.8 Å². The molecule has 1 saturated heterocycles. The molecule has 0 aliphatic carbocycles. The highest BCUT2D eigenvalue weighted by atomic mass is 16.5. The smallest absolute Gasteiger partial charge is 0.319 e. The van der Waals surface area contributed by atoms with Gasteiger partial charge in [-0.2, -0.15) is 0 Å². The van der Waals surface area contributed by atoms with E-state index in [0.717, 1.165) is 10.5 Å². The number of carbonyl (C=O) groups is 3. The molecule has 0 aromatic heterocycles. The number of esters is 1. The van der Waals surface area contributed by atoms with E-state index in [1.54, 1.807) is 13.8 Å². The van der Waals surface area contributed by atoms with Crippen molar-refractivity contribution in [3.63, 3.8) is 0 Å². The first-order valence-electron chi connectivity index (χ1n) is 6.62. The van der Waals surface area contributed by atoms with Crippen LogP contribution in [0.1, 0.15) is 19.4 Å². The first-order valence-corrected chi connectivity index (χ1v) is 6.62. The van der Waals surface area contributed by atoms with Crippen LogP contribution < -0.4 is 0 Å². The van der Waals surface area contributed by atoms with E-state index < -0.39 is 23.7 Å². The fraction of sp³-hybridized carbons (Fsp3) is 0.400. The molecule has 0 bridgehead atoms. The van der Waals surface area contributed by atoms with Gasteiger partial charge >= 0.3 is 5.97 Å². The standard InChI is InChI=1S/C15H17NO4/c1-3-20-15(19)12-10(2)13(17)16(14(12)18)9-11-7-5-4-6-8-11/h4-8,10,12H,3,9H2,1-2H3/t10-,12-/m1/s1. The quantitative estimate of drug-likeness (QED) is 0.473. The number of hydrogen-bond acceptors (Lipinski definition) is 4. The lowest BCUT2D eigenvalue weighted by Gasteiger charge is -2.14. The SMILES string of the molecule is CCOC(=O)[C@H]1C(=O)N(Cc2ccccc2)C(=O)[C@@H]1C. The fourth-order valence-electron chi connectivity index (χ4n) is 2.34. The molecular formula is C15H17NO4. The lowest BCUT2D eigenvalue weighted by Crippen LogP contribution is -2.32. The third kappa shape index (κ3) is 2.57. The Labute approximate surface area is 117 Å². The molecule has 1 aliphatic rings. The molecule has 1 aromatic rings. The van der Waals surface area contributed by atoms with E-state index in [9.17, 15) is 14.4 Å². The molecule has 1 heterocycles. The highest BCUT2D eigenvalue weighted by Gasteiger charge is 2.49. The predicted octanol–water partition coefficient (Wildman–Crippen LogP) is 1.37. The highest BCUT2D eigenvalue weighted by Crippen LogP contribution is 2.28. The molecule has 1 aromatic carbocycles. The molecule has 5 heteroatoms. The molecule has 0 saturated carbocycles. The van der Waals surface area contributed by atoms with Crippen LogP contribution in [-0.4, -0.2) is 29.3 Å². The Morgan fingerprint density at radius 1 is 1.20 bits per heavy atom. The highest BCUT2D eigenvalue weighted by molar-refractivity contribution is 6.13. The molecule has 0 unspecified atom stereocenters. The van der Waals surface area contributed by atoms with Crippen molar-refractivity contribution in [2.45, 2.75) is 20.4 Å². The molecule has 2 atom stereocenters. The van der Waals surface area contributed by atoms with Crippen molar-refractivity contribution in [2.75, 3.05) is 6.61 Å². The molecule has 2 amide bonds. The number of nitrogens with zero attached hydrogens (tertiary/aromatic N) is 1. The van der Waals surface area contributed by atoms with Gasteiger partial charge in [0.15, 0.2) is 0 Å². The number of hydrogen-bond donors (Lipinski definition) is 0. The Morgan fingerprint density at radius 3 is 2.45 bits per heavy atom. The lowest BCUT2D eigenvalue weighted by atomic mass is 9.97. The van der Waals surface area contributed by atoms with E-state index in [1.807, 2.05) is 30.3 Å². The van der Waals surface area contributed by atoms with E-state index in [0.29, 0.717) is 0 Å². The van der Waals surface area contributed by atoms with Gasteiger partial charge in [0.2, 0.25) is 11.8 Å². The van der Waals surface area contributed by atoms with Gasteiger partial charge < -0.3 is 4.74 Å². The largest absolute Gasteiger partial charge is 0.465 e. The number of benzene rings is 1. The summed E-state index contributed by atoms with van der Waals surface area (Å²) in [5.41, 5.74) is 0.853. The Bertz CT molecular complexity index is 526. The molecule has 0 radical (unpaired) electrons. The summed E-state index contributed by atoms with van der Waals surface area (Å²) in [4.78, 5) is 37.3. The van der Waals surface area contributed by atoms with Crippen LogP contribution >= 0.6 is 0 Å². The maximum atomic E-state index is 12.3. The maximum absolute atomic E-state index is 12.3. The number of carbonyl (C=O) groups excluding carboxylic acids is 3. The van der Waals surface area contributed by atoms with Gasteiger partial charge in [-0.1, -0.05) is 37.3 Å². The third-order valence-electron chi connectivity index (χ3n) is 3.41. The number of ether oxygens (including phenoxy) is 1. The van der Waals surface area contributed by atoms with Crippen LogP contribution in [0.2, 0.25) is 0 Å². The van der Waals surface area contributed by atoms with Crippen molar-refractivity contribution in [3.8, 4) is 0 Å². The van der Waals surface area contributed by atoms with Crippen LogP contribution in [0.4, 0.5) is 0 Å². The number of rotatable bonds is 4. The third-order valence-corrected chi connectivity index (χ3v) is 3.41. The zero-order chi connectivity index (χ0) is 14.7. The number of amides is 2. The van der Waals surface area contributed by atoms with Crippen molar-refractivity contribution in [1.82, 2.24) is 4.90 Å². The number of imide groups is 1. The van der Waals surface area contributed by atoms with E-state index in [4.69, 9.17) is 4.74 Å². The Hall–Kier alpha value is -2.17. The van der Waals surface area contributed by atoms with Gasteiger partial charge in [-0.25, -0.2) is 0 Å². The van der Waals surface area contributed by atoms with Gasteiger partial charge in [0.05, 0.1) is 19.1 Å². The topological polar surface area (TPSA) is 63.7 Å². The minimum absolute atomic E-state index is 0.193. The van der Waals surface area contributed by atoms with Crippen molar-refractivity contribution < 1.29 is 19.1 Å². The van der Waals surface area contributed by atoms with Gasteiger partial charge in [0.1, 0.15) is 5.92 Å². The van der Waals surface area contributed by atoms with E-state index in [-0.39, 0.29) is 19.1 Å². The van der Waals surface area contributed by atoms with E-state index in [1.165, 1.54) is 0 Å². The molecule has 5 nitrogen and oxygen atoms in total. The van der Waals surface area contributed by atoms with Gasteiger partial charge in [-0.15, -0.1) is 0 Å². The monoisotopic (exact) mass is 275 g/mol. The Morgan fingerprint density at radius 2 is 1.85 bits per heavy atom. The minimum atomic E-state index is -1.01. The second-order valence-electron chi connectivity index (χ2n) is 4.77. The molecule has 0 spiro atoms. The first kappa shape index (κ1) is 14.2. The van der Waals surface area contributed by atoms with Gasteiger partial charge in [0, 0.05) is 0 Å². The van der Waals surface area contributed by atoms with Crippen molar-refractivity contribution in [3.05, 3.63) is 35.9 Å². The number of likely N-dealkylation sites (tertiary alicyclic amines) is 1. The average molecular weight is 275 g/mol.